The lowest BCUT2D eigenvalue weighted by Gasteiger charge is -2.26. The zero-order chi connectivity index (χ0) is 19.3. The minimum atomic E-state index is -0.586. The minimum absolute atomic E-state index is 0.0277. The summed E-state index contributed by atoms with van der Waals surface area (Å²) in [5.74, 6) is -0.883. The minimum Gasteiger partial charge on any atom is -0.451 e. The summed E-state index contributed by atoms with van der Waals surface area (Å²) >= 11 is 1.37. The van der Waals surface area contributed by atoms with Crippen LogP contribution in [-0.2, 0) is 16.0 Å². The monoisotopic (exact) mass is 392 g/mol. The molecule has 1 heterocycles. The van der Waals surface area contributed by atoms with Crippen molar-refractivity contribution in [3.63, 3.8) is 0 Å². The highest BCUT2D eigenvalue weighted by atomic mass is 32.1. The molecule has 0 bridgehead atoms. The van der Waals surface area contributed by atoms with E-state index in [1.165, 1.54) is 16.9 Å². The first-order valence-electron chi connectivity index (χ1n) is 9.26. The average Bonchev–Trinajstić information content (AvgIpc) is 3.23. The van der Waals surface area contributed by atoms with E-state index in [1.807, 2.05) is 48.5 Å². The summed E-state index contributed by atoms with van der Waals surface area (Å²) in [5.41, 5.74) is 3.59. The number of carbonyl (C=O) groups is 2. The molecule has 1 aromatic heterocycles. The maximum Gasteiger partial charge on any atom is 0.358 e. The fourth-order valence-corrected chi connectivity index (χ4v) is 4.22. The number of ether oxygens (including phenoxy) is 1. The number of hydrogen-bond acceptors (Lipinski definition) is 5. The maximum absolute atomic E-state index is 12.3. The van der Waals surface area contributed by atoms with Crippen molar-refractivity contribution in [1.29, 1.82) is 0 Å². The van der Waals surface area contributed by atoms with E-state index in [-0.39, 0.29) is 24.2 Å². The van der Waals surface area contributed by atoms with Crippen LogP contribution in [0.2, 0.25) is 0 Å². The second-order valence-corrected chi connectivity index (χ2v) is 7.55. The van der Waals surface area contributed by atoms with E-state index in [1.54, 1.807) is 5.38 Å². The topological polar surface area (TPSA) is 68.3 Å². The molecule has 0 saturated heterocycles. The number of thiazole rings is 1. The van der Waals surface area contributed by atoms with Gasteiger partial charge in [-0.2, -0.15) is 0 Å². The van der Waals surface area contributed by atoms with Gasteiger partial charge >= 0.3 is 5.97 Å². The van der Waals surface area contributed by atoms with Crippen molar-refractivity contribution < 1.29 is 14.3 Å². The van der Waals surface area contributed by atoms with Crippen molar-refractivity contribution in [2.75, 3.05) is 6.61 Å². The van der Waals surface area contributed by atoms with Crippen LogP contribution in [0.5, 0.6) is 0 Å². The van der Waals surface area contributed by atoms with Gasteiger partial charge in [-0.15, -0.1) is 11.3 Å². The van der Waals surface area contributed by atoms with Crippen LogP contribution in [0.1, 0.15) is 40.5 Å². The van der Waals surface area contributed by atoms with Gasteiger partial charge in [0.1, 0.15) is 5.01 Å². The van der Waals surface area contributed by atoms with Crippen LogP contribution in [0.4, 0.5) is 0 Å². The average molecular weight is 392 g/mol. The highest BCUT2D eigenvalue weighted by molar-refractivity contribution is 7.13. The Morgan fingerprint density at radius 3 is 2.75 bits per heavy atom. The molecule has 1 aliphatic carbocycles. The van der Waals surface area contributed by atoms with Crippen LogP contribution < -0.4 is 5.32 Å². The lowest BCUT2D eigenvalue weighted by Crippen LogP contribution is -2.34. The van der Waals surface area contributed by atoms with Gasteiger partial charge in [-0.25, -0.2) is 9.78 Å². The van der Waals surface area contributed by atoms with E-state index in [0.29, 0.717) is 0 Å². The van der Waals surface area contributed by atoms with Crippen LogP contribution in [0.3, 0.4) is 0 Å². The summed E-state index contributed by atoms with van der Waals surface area (Å²) in [6.07, 6.45) is 2.96. The number of nitrogens with zero attached hydrogens (tertiary/aromatic N) is 1. The number of carbonyl (C=O) groups excluding carboxylic acids is 2. The Hall–Kier alpha value is -2.99. The third-order valence-electron chi connectivity index (χ3n) is 4.77. The second kappa shape index (κ2) is 8.35. The van der Waals surface area contributed by atoms with Gasteiger partial charge in [0, 0.05) is 10.9 Å². The van der Waals surface area contributed by atoms with Gasteiger partial charge < -0.3 is 10.1 Å². The van der Waals surface area contributed by atoms with Gasteiger partial charge in [0.05, 0.1) is 6.04 Å². The number of fused-ring (bicyclic) bond motifs is 1. The first-order chi connectivity index (χ1) is 13.7. The largest absolute Gasteiger partial charge is 0.451 e. The quantitative estimate of drug-likeness (QED) is 0.662. The van der Waals surface area contributed by atoms with Crippen molar-refractivity contribution >= 4 is 23.2 Å². The molecular weight excluding hydrogens is 372 g/mol. The van der Waals surface area contributed by atoms with Crippen LogP contribution in [0, 0.1) is 0 Å². The lowest BCUT2D eigenvalue weighted by atomic mass is 9.88. The third kappa shape index (κ3) is 4.12. The van der Waals surface area contributed by atoms with Gasteiger partial charge in [-0.3, -0.25) is 4.79 Å². The molecule has 0 radical (unpaired) electrons. The number of amides is 1. The summed E-state index contributed by atoms with van der Waals surface area (Å²) < 4.78 is 5.16. The molecule has 3 aromatic rings. The summed E-state index contributed by atoms with van der Waals surface area (Å²) in [6, 6.07) is 17.7. The van der Waals surface area contributed by atoms with Crippen molar-refractivity contribution in [3.05, 3.63) is 76.8 Å². The Bertz CT molecular complexity index is 984. The van der Waals surface area contributed by atoms with Crippen LogP contribution in [0.15, 0.2) is 60.0 Å². The molecular formula is C22H20N2O3S. The van der Waals surface area contributed by atoms with Crippen LogP contribution in [-0.4, -0.2) is 23.5 Å². The number of hydrogen-bond donors (Lipinski definition) is 1. The second-order valence-electron chi connectivity index (χ2n) is 6.69. The van der Waals surface area contributed by atoms with Crippen molar-refractivity contribution in [2.45, 2.75) is 25.3 Å². The van der Waals surface area contributed by atoms with E-state index < -0.39 is 5.97 Å². The zero-order valence-corrected chi connectivity index (χ0v) is 16.1. The Kier molecular flexibility index (Phi) is 5.48. The Morgan fingerprint density at radius 2 is 1.89 bits per heavy atom. The molecule has 5 nitrogen and oxygen atoms in total. The molecule has 28 heavy (non-hydrogen) atoms. The zero-order valence-electron chi connectivity index (χ0n) is 15.3. The summed E-state index contributed by atoms with van der Waals surface area (Å²) in [5, 5.41) is 5.38. The number of aromatic nitrogens is 1. The normalized spacial score (nSPS) is 15.5. The SMILES string of the molecule is O=C(COC(=O)c1csc(-c2ccccc2)n1)NC1CCCc2ccccc21. The molecule has 1 aliphatic rings. The Labute approximate surface area is 167 Å². The predicted octanol–water partition coefficient (Wildman–Crippen LogP) is 4.16. The molecule has 142 valence electrons. The van der Waals surface area contributed by atoms with Crippen molar-refractivity contribution in [1.82, 2.24) is 10.3 Å². The molecule has 1 amide bonds. The van der Waals surface area contributed by atoms with Crippen LogP contribution in [0.25, 0.3) is 10.6 Å². The summed E-state index contributed by atoms with van der Waals surface area (Å²) in [6.45, 7) is -0.310. The van der Waals surface area contributed by atoms with Gasteiger partial charge in [0.25, 0.3) is 5.91 Å². The molecule has 6 heteroatoms. The fraction of sp³-hybridized carbons (Fsp3) is 0.227. The van der Waals surface area contributed by atoms with Gasteiger partial charge in [-0.05, 0) is 30.4 Å². The molecule has 1 atom stereocenters. The number of nitrogens with one attached hydrogen (secondary N) is 1. The van der Waals surface area contributed by atoms with Gasteiger partial charge in [0.2, 0.25) is 0 Å². The number of aryl methyl sites for hydroxylation is 1. The molecule has 1 unspecified atom stereocenters. The summed E-state index contributed by atoms with van der Waals surface area (Å²) in [7, 11) is 0. The van der Waals surface area contributed by atoms with E-state index >= 15 is 0 Å². The lowest BCUT2D eigenvalue weighted by molar-refractivity contribution is -0.125. The standard InChI is InChI=1S/C22H20N2O3S/c25-20(23-18-12-6-10-15-7-4-5-11-17(15)18)13-27-22(26)19-14-28-21(24-19)16-8-2-1-3-9-16/h1-5,7-9,11,14,18H,6,10,12-13H2,(H,23,25). The van der Waals surface area contributed by atoms with Crippen molar-refractivity contribution in [2.24, 2.45) is 0 Å². The molecule has 0 spiro atoms. The van der Waals surface area contributed by atoms with Crippen molar-refractivity contribution in [3.8, 4) is 10.6 Å². The molecule has 0 fully saturated rings. The number of esters is 1. The number of benzene rings is 2. The number of rotatable bonds is 5. The first-order valence-corrected chi connectivity index (χ1v) is 10.1. The summed E-state index contributed by atoms with van der Waals surface area (Å²) in [4.78, 5) is 28.8. The van der Waals surface area contributed by atoms with E-state index in [4.69, 9.17) is 4.74 Å². The molecule has 0 aliphatic heterocycles. The fourth-order valence-electron chi connectivity index (χ4n) is 3.43. The van der Waals surface area contributed by atoms with Crippen LogP contribution >= 0.6 is 11.3 Å². The molecule has 0 saturated carbocycles. The Morgan fingerprint density at radius 1 is 1.11 bits per heavy atom. The smallest absolute Gasteiger partial charge is 0.358 e. The van der Waals surface area contributed by atoms with Gasteiger partial charge in [0.15, 0.2) is 12.3 Å². The third-order valence-corrected chi connectivity index (χ3v) is 5.66. The molecule has 4 rings (SSSR count). The van der Waals surface area contributed by atoms with E-state index in [2.05, 4.69) is 16.4 Å². The predicted molar refractivity (Wildman–Crippen MR) is 108 cm³/mol. The highest BCUT2D eigenvalue weighted by Gasteiger charge is 2.22. The highest BCUT2D eigenvalue weighted by Crippen LogP contribution is 2.29. The maximum atomic E-state index is 12.3. The first kappa shape index (κ1) is 18.4. The van der Waals surface area contributed by atoms with E-state index in [0.717, 1.165) is 35.4 Å². The van der Waals surface area contributed by atoms with Gasteiger partial charge in [-0.1, -0.05) is 54.6 Å². The Balaban J connectivity index is 1.33. The van der Waals surface area contributed by atoms with E-state index in [9.17, 15) is 9.59 Å². The molecule has 2 aromatic carbocycles. The molecule has 1 N–H and O–H groups in total.